The summed E-state index contributed by atoms with van der Waals surface area (Å²) in [7, 11) is 1.41. The molecule has 0 heterocycles. The van der Waals surface area contributed by atoms with Crippen LogP contribution < -0.4 is 10.5 Å². The van der Waals surface area contributed by atoms with Crippen molar-refractivity contribution in [2.45, 2.75) is 45.6 Å². The van der Waals surface area contributed by atoms with Crippen molar-refractivity contribution in [3.8, 4) is 5.75 Å². The molecule has 0 radical (unpaired) electrons. The summed E-state index contributed by atoms with van der Waals surface area (Å²) in [6, 6.07) is 3.30. The Bertz CT molecular complexity index is 436. The molecule has 0 aliphatic carbocycles. The van der Waals surface area contributed by atoms with Gasteiger partial charge < -0.3 is 10.5 Å². The van der Waals surface area contributed by atoms with E-state index in [4.69, 9.17) is 10.5 Å². The first-order chi connectivity index (χ1) is 8.07. The van der Waals surface area contributed by atoms with E-state index in [0.29, 0.717) is 5.56 Å². The van der Waals surface area contributed by atoms with Gasteiger partial charge in [0.15, 0.2) is 0 Å². The second kappa shape index (κ2) is 4.84. The number of hydrogen-bond donors (Lipinski definition) is 1. The average molecular weight is 257 g/mol. The van der Waals surface area contributed by atoms with E-state index in [1.807, 2.05) is 6.07 Å². The molecule has 0 saturated heterocycles. The molecule has 0 atom stereocenters. The number of alkyl halides is 2. The molecular weight excluding hydrogens is 236 g/mol. The van der Waals surface area contributed by atoms with Crippen molar-refractivity contribution >= 4 is 0 Å². The summed E-state index contributed by atoms with van der Waals surface area (Å²) in [5, 5.41) is 0. The monoisotopic (exact) mass is 257 g/mol. The highest BCUT2D eigenvalue weighted by Gasteiger charge is 2.39. The van der Waals surface area contributed by atoms with Crippen molar-refractivity contribution in [1.82, 2.24) is 0 Å². The maximum Gasteiger partial charge on any atom is 0.278 e. The molecule has 4 heteroatoms. The first-order valence-electron chi connectivity index (χ1n) is 5.89. The predicted molar refractivity (Wildman–Crippen MR) is 69.2 cm³/mol. The van der Waals surface area contributed by atoms with Crippen LogP contribution in [0, 0.1) is 13.8 Å². The summed E-state index contributed by atoms with van der Waals surface area (Å²) in [4.78, 5) is 0. The van der Waals surface area contributed by atoms with Crippen LogP contribution in [-0.2, 0) is 5.92 Å². The molecular formula is C14H21F2NO. The minimum Gasteiger partial charge on any atom is -0.496 e. The zero-order chi connectivity index (χ0) is 14.1. The Labute approximate surface area is 107 Å². The van der Waals surface area contributed by atoms with E-state index >= 15 is 0 Å². The van der Waals surface area contributed by atoms with Gasteiger partial charge in [0, 0.05) is 12.0 Å². The summed E-state index contributed by atoms with van der Waals surface area (Å²) in [6.07, 6.45) is -0.417. The maximum absolute atomic E-state index is 14.3. The molecule has 2 N–H and O–H groups in total. The fraction of sp³-hybridized carbons (Fsp3) is 0.571. The molecule has 18 heavy (non-hydrogen) atoms. The average Bonchev–Trinajstić information content (AvgIpc) is 2.12. The fourth-order valence-corrected chi connectivity index (χ4v) is 2.16. The molecule has 0 saturated carbocycles. The molecule has 0 spiro atoms. The topological polar surface area (TPSA) is 35.2 Å². The fourth-order valence-electron chi connectivity index (χ4n) is 2.16. The van der Waals surface area contributed by atoms with Gasteiger partial charge in [-0.2, -0.15) is 0 Å². The van der Waals surface area contributed by atoms with Crippen molar-refractivity contribution < 1.29 is 13.5 Å². The van der Waals surface area contributed by atoms with Crippen LogP contribution in [0.1, 0.15) is 37.0 Å². The highest BCUT2D eigenvalue weighted by molar-refractivity contribution is 5.46. The lowest BCUT2D eigenvalue weighted by atomic mass is 9.91. The molecule has 0 fully saturated rings. The van der Waals surface area contributed by atoms with Crippen LogP contribution in [0.2, 0.25) is 0 Å². The lowest BCUT2D eigenvalue weighted by molar-refractivity contribution is -0.0315. The van der Waals surface area contributed by atoms with Crippen molar-refractivity contribution in [3.63, 3.8) is 0 Å². The normalized spacial score (nSPS) is 12.7. The molecule has 0 unspecified atom stereocenters. The Morgan fingerprint density at radius 2 is 1.78 bits per heavy atom. The van der Waals surface area contributed by atoms with Crippen LogP contribution in [0.5, 0.6) is 5.75 Å². The first kappa shape index (κ1) is 14.9. The van der Waals surface area contributed by atoms with E-state index in [1.165, 1.54) is 13.2 Å². The van der Waals surface area contributed by atoms with Gasteiger partial charge in [-0.15, -0.1) is 0 Å². The number of rotatable bonds is 4. The molecule has 0 bridgehead atoms. The van der Waals surface area contributed by atoms with Gasteiger partial charge in [0.2, 0.25) is 0 Å². The van der Waals surface area contributed by atoms with Crippen LogP contribution >= 0.6 is 0 Å². The number of halogens is 2. The van der Waals surface area contributed by atoms with E-state index in [-0.39, 0.29) is 11.3 Å². The van der Waals surface area contributed by atoms with Crippen LogP contribution in [0.25, 0.3) is 0 Å². The van der Waals surface area contributed by atoms with E-state index in [2.05, 4.69) is 0 Å². The van der Waals surface area contributed by atoms with E-state index in [9.17, 15) is 8.78 Å². The zero-order valence-electron chi connectivity index (χ0n) is 11.6. The smallest absolute Gasteiger partial charge is 0.278 e. The third-order valence-electron chi connectivity index (χ3n) is 2.69. The second-order valence-corrected chi connectivity index (χ2v) is 5.53. The van der Waals surface area contributed by atoms with Crippen molar-refractivity contribution in [3.05, 3.63) is 28.8 Å². The van der Waals surface area contributed by atoms with Crippen molar-refractivity contribution in [2.75, 3.05) is 7.11 Å². The molecule has 0 amide bonds. The molecule has 1 aromatic carbocycles. The van der Waals surface area contributed by atoms with E-state index in [0.717, 1.165) is 5.56 Å². The van der Waals surface area contributed by atoms with Gasteiger partial charge in [0.1, 0.15) is 5.75 Å². The third kappa shape index (κ3) is 3.42. The lowest BCUT2D eigenvalue weighted by Crippen LogP contribution is -2.38. The van der Waals surface area contributed by atoms with E-state index < -0.39 is 17.9 Å². The predicted octanol–water partition coefficient (Wildman–Crippen LogP) is 3.53. The summed E-state index contributed by atoms with van der Waals surface area (Å²) in [5.74, 6) is -2.75. The SMILES string of the molecule is COc1c(C)cc(C)cc1C(F)(F)CC(C)(C)N. The van der Waals surface area contributed by atoms with Gasteiger partial charge in [-0.05, 0) is 39.3 Å². The highest BCUT2D eigenvalue weighted by atomic mass is 19.3. The summed E-state index contributed by atoms with van der Waals surface area (Å²) >= 11 is 0. The Hall–Kier alpha value is -1.16. The molecule has 2 nitrogen and oxygen atoms in total. The van der Waals surface area contributed by atoms with Gasteiger partial charge in [-0.25, -0.2) is 8.78 Å². The lowest BCUT2D eigenvalue weighted by Gasteiger charge is -2.27. The number of hydrogen-bond acceptors (Lipinski definition) is 2. The van der Waals surface area contributed by atoms with E-state index in [1.54, 1.807) is 27.7 Å². The zero-order valence-corrected chi connectivity index (χ0v) is 11.6. The number of methoxy groups -OCH3 is 1. The van der Waals surface area contributed by atoms with Crippen LogP contribution in [0.15, 0.2) is 12.1 Å². The van der Waals surface area contributed by atoms with Crippen LogP contribution in [0.3, 0.4) is 0 Å². The standard InChI is InChI=1S/C14H21F2NO/c1-9-6-10(2)12(18-5)11(7-9)14(15,16)8-13(3,4)17/h6-7H,8,17H2,1-5H3. The van der Waals surface area contributed by atoms with Gasteiger partial charge in [0.25, 0.3) is 5.92 Å². The first-order valence-corrected chi connectivity index (χ1v) is 5.89. The summed E-state index contributed by atoms with van der Waals surface area (Å²) in [6.45, 7) is 6.74. The quantitative estimate of drug-likeness (QED) is 0.895. The third-order valence-corrected chi connectivity index (χ3v) is 2.69. The molecule has 102 valence electrons. The van der Waals surface area contributed by atoms with Crippen LogP contribution in [0.4, 0.5) is 8.78 Å². The Balaban J connectivity index is 3.30. The van der Waals surface area contributed by atoms with Crippen LogP contribution in [-0.4, -0.2) is 12.6 Å². The number of aryl methyl sites for hydroxylation is 2. The minimum absolute atomic E-state index is 0.0824. The van der Waals surface area contributed by atoms with Gasteiger partial charge >= 0.3 is 0 Å². The summed E-state index contributed by atoms with van der Waals surface area (Å²) < 4.78 is 33.7. The minimum atomic E-state index is -3.00. The maximum atomic E-state index is 14.3. The highest BCUT2D eigenvalue weighted by Crippen LogP contribution is 2.42. The Morgan fingerprint density at radius 3 is 2.22 bits per heavy atom. The van der Waals surface area contributed by atoms with Crippen molar-refractivity contribution in [2.24, 2.45) is 5.73 Å². The Kier molecular flexibility index (Phi) is 4.01. The van der Waals surface area contributed by atoms with Gasteiger partial charge in [0.05, 0.1) is 12.7 Å². The van der Waals surface area contributed by atoms with Crippen molar-refractivity contribution in [1.29, 1.82) is 0 Å². The second-order valence-electron chi connectivity index (χ2n) is 5.53. The number of nitrogens with two attached hydrogens (primary N) is 1. The summed E-state index contributed by atoms with van der Waals surface area (Å²) in [5.41, 5.74) is 6.18. The largest absolute Gasteiger partial charge is 0.496 e. The Morgan fingerprint density at radius 1 is 1.22 bits per heavy atom. The molecule has 0 aliphatic heterocycles. The number of benzene rings is 1. The molecule has 1 rings (SSSR count). The molecule has 0 aliphatic rings. The number of ether oxygens (including phenoxy) is 1. The van der Waals surface area contributed by atoms with Gasteiger partial charge in [-0.3, -0.25) is 0 Å². The molecule has 1 aromatic rings. The molecule has 0 aromatic heterocycles. The van der Waals surface area contributed by atoms with Gasteiger partial charge in [-0.1, -0.05) is 11.6 Å².